The van der Waals surface area contributed by atoms with Crippen molar-refractivity contribution in [1.29, 1.82) is 0 Å². The van der Waals surface area contributed by atoms with E-state index < -0.39 is 0 Å². The number of rotatable bonds is 5. The molecule has 0 atom stereocenters. The van der Waals surface area contributed by atoms with E-state index >= 15 is 0 Å². The Bertz CT molecular complexity index is 553. The van der Waals surface area contributed by atoms with Crippen molar-refractivity contribution in [3.63, 3.8) is 0 Å². The molecule has 0 radical (unpaired) electrons. The highest BCUT2D eigenvalue weighted by Crippen LogP contribution is 2.23. The van der Waals surface area contributed by atoms with Gasteiger partial charge >= 0.3 is 0 Å². The van der Waals surface area contributed by atoms with Gasteiger partial charge in [0.2, 0.25) is 0 Å². The highest BCUT2D eigenvalue weighted by molar-refractivity contribution is 7.09. The first-order valence-corrected chi connectivity index (χ1v) is 6.91. The minimum absolute atomic E-state index is 0.149. The van der Waals surface area contributed by atoms with Gasteiger partial charge < -0.3 is 15.8 Å². The van der Waals surface area contributed by atoms with Crippen molar-refractivity contribution < 1.29 is 9.53 Å². The lowest BCUT2D eigenvalue weighted by Crippen LogP contribution is -2.23. The average molecular weight is 276 g/mol. The minimum atomic E-state index is -0.149. The molecule has 5 heteroatoms. The molecule has 2 rings (SSSR count). The topological polar surface area (TPSA) is 64.4 Å². The maximum absolute atomic E-state index is 11.9. The molecule has 0 saturated carbocycles. The number of carbonyl (C=O) groups is 1. The fourth-order valence-electron chi connectivity index (χ4n) is 1.65. The predicted molar refractivity (Wildman–Crippen MR) is 77.5 cm³/mol. The summed E-state index contributed by atoms with van der Waals surface area (Å²) < 4.78 is 5.70. The molecule has 100 valence electrons. The van der Waals surface area contributed by atoms with E-state index in [0.717, 1.165) is 4.88 Å². The van der Waals surface area contributed by atoms with Crippen LogP contribution in [0.3, 0.4) is 0 Å². The minimum Gasteiger partial charge on any atom is -0.487 e. The van der Waals surface area contributed by atoms with Crippen LogP contribution in [0.4, 0.5) is 5.69 Å². The van der Waals surface area contributed by atoms with Gasteiger partial charge in [-0.3, -0.25) is 4.79 Å². The van der Waals surface area contributed by atoms with Crippen molar-refractivity contribution in [2.45, 2.75) is 13.5 Å². The summed E-state index contributed by atoms with van der Waals surface area (Å²) in [5, 5.41) is 4.75. The predicted octanol–water partition coefficient (Wildman–Crippen LogP) is 2.66. The molecular formula is C14H16N2O2S. The molecule has 0 spiro atoms. The van der Waals surface area contributed by atoms with E-state index in [-0.39, 0.29) is 5.91 Å². The molecule has 1 amide bonds. The summed E-state index contributed by atoms with van der Waals surface area (Å²) in [5.74, 6) is 0.364. The number of hydrogen-bond acceptors (Lipinski definition) is 4. The Kier molecular flexibility index (Phi) is 4.41. The lowest BCUT2D eigenvalue weighted by atomic mass is 10.1. The molecular weight excluding hydrogens is 260 g/mol. The molecule has 0 aliphatic heterocycles. The van der Waals surface area contributed by atoms with Crippen LogP contribution in [0.5, 0.6) is 5.75 Å². The van der Waals surface area contributed by atoms with Crippen molar-refractivity contribution in [1.82, 2.24) is 5.32 Å². The molecule has 0 saturated heterocycles. The van der Waals surface area contributed by atoms with Gasteiger partial charge in [-0.05, 0) is 30.5 Å². The number of nitrogen functional groups attached to an aromatic ring is 1. The molecule has 0 fully saturated rings. The van der Waals surface area contributed by atoms with E-state index in [4.69, 9.17) is 10.5 Å². The third kappa shape index (κ3) is 3.48. The number of anilines is 1. The number of nitrogens with two attached hydrogens (primary N) is 1. The molecule has 0 aliphatic rings. The first-order valence-electron chi connectivity index (χ1n) is 6.03. The van der Waals surface area contributed by atoms with Gasteiger partial charge in [-0.1, -0.05) is 6.07 Å². The molecule has 0 bridgehead atoms. The smallest absolute Gasteiger partial charge is 0.255 e. The molecule has 4 nitrogen and oxygen atoms in total. The molecule has 1 heterocycles. The molecule has 3 N–H and O–H groups in total. The van der Waals surface area contributed by atoms with Gasteiger partial charge in [-0.25, -0.2) is 0 Å². The van der Waals surface area contributed by atoms with E-state index in [9.17, 15) is 4.79 Å². The molecule has 0 unspecified atom stereocenters. The first-order chi connectivity index (χ1) is 9.20. The molecule has 0 aliphatic carbocycles. The number of carbonyl (C=O) groups excluding carboxylic acids is 1. The number of amides is 1. The lowest BCUT2D eigenvalue weighted by molar-refractivity contribution is 0.0951. The zero-order chi connectivity index (χ0) is 13.7. The van der Waals surface area contributed by atoms with E-state index in [1.54, 1.807) is 29.5 Å². The largest absolute Gasteiger partial charge is 0.487 e. The van der Waals surface area contributed by atoms with Crippen molar-refractivity contribution in [2.75, 3.05) is 12.3 Å². The van der Waals surface area contributed by atoms with Crippen molar-refractivity contribution >= 4 is 22.9 Å². The van der Waals surface area contributed by atoms with Gasteiger partial charge in [0.05, 0.1) is 5.56 Å². The standard InChI is InChI=1S/C14H16N2O2S/c1-2-16-14(17)12-6-5-10(15)8-13(12)18-9-11-4-3-7-19-11/h3-8H,2,9,15H2,1H3,(H,16,17). The summed E-state index contributed by atoms with van der Waals surface area (Å²) in [6.07, 6.45) is 0. The Morgan fingerprint density at radius 1 is 1.42 bits per heavy atom. The lowest BCUT2D eigenvalue weighted by Gasteiger charge is -2.11. The maximum atomic E-state index is 11.9. The third-order valence-electron chi connectivity index (χ3n) is 2.54. The van der Waals surface area contributed by atoms with Crippen LogP contribution in [-0.2, 0) is 6.61 Å². The molecule has 19 heavy (non-hydrogen) atoms. The number of thiophene rings is 1. The average Bonchev–Trinajstić information content (AvgIpc) is 2.89. The van der Waals surface area contributed by atoms with Gasteiger partial charge in [0, 0.05) is 23.2 Å². The summed E-state index contributed by atoms with van der Waals surface area (Å²) in [5.41, 5.74) is 6.83. The Morgan fingerprint density at radius 2 is 2.26 bits per heavy atom. The summed E-state index contributed by atoms with van der Waals surface area (Å²) >= 11 is 1.61. The van der Waals surface area contributed by atoms with Gasteiger partial charge in [-0.15, -0.1) is 11.3 Å². The van der Waals surface area contributed by atoms with Crippen LogP contribution in [0.15, 0.2) is 35.7 Å². The second-order valence-electron chi connectivity index (χ2n) is 3.98. The number of benzene rings is 1. The maximum Gasteiger partial charge on any atom is 0.255 e. The molecule has 1 aromatic carbocycles. The quantitative estimate of drug-likeness (QED) is 0.825. The van der Waals surface area contributed by atoms with Crippen LogP contribution in [0, 0.1) is 0 Å². The van der Waals surface area contributed by atoms with Crippen LogP contribution >= 0.6 is 11.3 Å². The highest BCUT2D eigenvalue weighted by Gasteiger charge is 2.12. The van der Waals surface area contributed by atoms with Crippen LogP contribution in [-0.4, -0.2) is 12.5 Å². The summed E-state index contributed by atoms with van der Waals surface area (Å²) in [7, 11) is 0. The Morgan fingerprint density at radius 3 is 2.95 bits per heavy atom. The van der Waals surface area contributed by atoms with Crippen LogP contribution in [0.2, 0.25) is 0 Å². The van der Waals surface area contributed by atoms with Gasteiger partial charge in [0.15, 0.2) is 0 Å². The van der Waals surface area contributed by atoms with Crippen molar-refractivity contribution in [3.8, 4) is 5.75 Å². The Labute approximate surface area is 116 Å². The van der Waals surface area contributed by atoms with E-state index in [1.165, 1.54) is 0 Å². The van der Waals surface area contributed by atoms with Gasteiger partial charge in [0.25, 0.3) is 5.91 Å². The van der Waals surface area contributed by atoms with Crippen LogP contribution < -0.4 is 15.8 Å². The Balaban J connectivity index is 2.17. The van der Waals surface area contributed by atoms with E-state index in [1.807, 2.05) is 24.4 Å². The summed E-state index contributed by atoms with van der Waals surface area (Å²) in [6.45, 7) is 2.89. The second-order valence-corrected chi connectivity index (χ2v) is 5.02. The van der Waals surface area contributed by atoms with Crippen molar-refractivity contribution in [2.24, 2.45) is 0 Å². The third-order valence-corrected chi connectivity index (χ3v) is 3.39. The normalized spacial score (nSPS) is 10.2. The van der Waals surface area contributed by atoms with Crippen molar-refractivity contribution in [3.05, 3.63) is 46.2 Å². The fourth-order valence-corrected chi connectivity index (χ4v) is 2.26. The fraction of sp³-hybridized carbons (Fsp3) is 0.214. The monoisotopic (exact) mass is 276 g/mol. The van der Waals surface area contributed by atoms with Gasteiger partial charge in [-0.2, -0.15) is 0 Å². The number of ether oxygens (including phenoxy) is 1. The highest BCUT2D eigenvalue weighted by atomic mass is 32.1. The second kappa shape index (κ2) is 6.24. The first kappa shape index (κ1) is 13.4. The molecule has 2 aromatic rings. The zero-order valence-electron chi connectivity index (χ0n) is 10.7. The van der Waals surface area contributed by atoms with Gasteiger partial charge in [0.1, 0.15) is 12.4 Å². The Hall–Kier alpha value is -2.01. The SMILES string of the molecule is CCNC(=O)c1ccc(N)cc1OCc1cccs1. The zero-order valence-corrected chi connectivity index (χ0v) is 11.5. The van der Waals surface area contributed by atoms with Crippen LogP contribution in [0.1, 0.15) is 22.2 Å². The number of hydrogen-bond donors (Lipinski definition) is 2. The summed E-state index contributed by atoms with van der Waals surface area (Å²) in [4.78, 5) is 13.0. The number of nitrogens with one attached hydrogen (secondary N) is 1. The van der Waals surface area contributed by atoms with Crippen LogP contribution in [0.25, 0.3) is 0 Å². The molecule has 1 aromatic heterocycles. The summed E-state index contributed by atoms with van der Waals surface area (Å²) in [6, 6.07) is 9.01. The van der Waals surface area contributed by atoms with E-state index in [2.05, 4.69) is 5.32 Å². The van der Waals surface area contributed by atoms with E-state index in [0.29, 0.717) is 30.2 Å².